The Labute approximate surface area is 220 Å². The average molecular weight is 627 g/mol. The topological polar surface area (TPSA) is 122 Å². The Kier molecular flexibility index (Phi) is 7.80. The second-order valence-electron chi connectivity index (χ2n) is 8.89. The number of carbonyl (C=O) groups is 2. The molecule has 10 nitrogen and oxygen atoms in total. The van der Waals surface area contributed by atoms with Gasteiger partial charge in [-0.15, -0.1) is 0 Å². The molecule has 3 aromatic rings. The summed E-state index contributed by atoms with van der Waals surface area (Å²) in [4.78, 5) is 45.7. The number of rotatable bonds is 5. The van der Waals surface area contributed by atoms with Crippen LogP contribution in [-0.2, 0) is 16.1 Å². The van der Waals surface area contributed by atoms with E-state index in [0.29, 0.717) is 43.6 Å². The Bertz CT molecular complexity index is 1350. The van der Waals surface area contributed by atoms with Gasteiger partial charge in [-0.2, -0.15) is 0 Å². The van der Waals surface area contributed by atoms with E-state index >= 15 is 0 Å². The van der Waals surface area contributed by atoms with Crippen molar-refractivity contribution in [2.24, 2.45) is 0 Å². The van der Waals surface area contributed by atoms with E-state index in [2.05, 4.69) is 26.3 Å². The number of ether oxygens (including phenoxy) is 1. The summed E-state index contributed by atoms with van der Waals surface area (Å²) < 4.78 is 14.3. The van der Waals surface area contributed by atoms with Crippen LogP contribution in [-0.4, -0.2) is 80.5 Å². The number of hydrogen-bond acceptors (Lipinski definition) is 7. The van der Waals surface area contributed by atoms with Gasteiger partial charge in [0.1, 0.15) is 0 Å². The van der Waals surface area contributed by atoms with E-state index in [4.69, 9.17) is 14.0 Å². The van der Waals surface area contributed by atoms with Gasteiger partial charge >= 0.3 is 221 Å². The molecule has 0 saturated carbocycles. The average Bonchev–Trinajstić information content (AvgIpc) is 3.03. The van der Waals surface area contributed by atoms with Crippen molar-refractivity contribution in [3.05, 3.63) is 43.1 Å². The number of nitrogens with zero attached hydrogens (tertiary/aromatic N) is 2. The maximum absolute atomic E-state index is 12.7. The first-order valence-corrected chi connectivity index (χ1v) is 14.4. The number of halogens is 1. The predicted molar refractivity (Wildman–Crippen MR) is 136 cm³/mol. The molecule has 2 aromatic heterocycles. The molecule has 0 spiro atoms. The molecule has 1 unspecified atom stereocenters. The predicted octanol–water partition coefficient (Wildman–Crippen LogP) is 3.14. The zero-order chi connectivity index (χ0) is 25.2. The van der Waals surface area contributed by atoms with Crippen LogP contribution in [0.4, 0.5) is 4.79 Å². The zero-order valence-corrected chi connectivity index (χ0v) is 22.8. The molecule has 2 amide bonds. The van der Waals surface area contributed by atoms with Crippen molar-refractivity contribution in [2.75, 3.05) is 32.8 Å². The van der Waals surface area contributed by atoms with Crippen molar-refractivity contribution >= 4 is 63.0 Å². The van der Waals surface area contributed by atoms with E-state index in [9.17, 15) is 19.5 Å². The van der Waals surface area contributed by atoms with E-state index in [0.717, 1.165) is 46.5 Å². The number of amides is 2. The van der Waals surface area contributed by atoms with Gasteiger partial charge in [0.2, 0.25) is 0 Å². The molecule has 2 saturated heterocycles. The summed E-state index contributed by atoms with van der Waals surface area (Å²) in [6.07, 6.45) is 1.99. The van der Waals surface area contributed by atoms with Crippen LogP contribution in [0.1, 0.15) is 40.5 Å². The summed E-state index contributed by atoms with van der Waals surface area (Å²) >= 11 is 3.65. The summed E-state index contributed by atoms with van der Waals surface area (Å²) in [5.41, 5.74) is 1.97. The third-order valence-electron chi connectivity index (χ3n) is 6.46. The fourth-order valence-corrected chi connectivity index (χ4v) is 8.26. The Morgan fingerprint density at radius 2 is 2.06 bits per heavy atom. The van der Waals surface area contributed by atoms with Crippen molar-refractivity contribution < 1.29 is 28.7 Å². The third kappa shape index (κ3) is 5.39. The number of fused-ring (bicyclic) bond motifs is 3. The van der Waals surface area contributed by atoms with Crippen molar-refractivity contribution in [1.29, 1.82) is 0 Å². The summed E-state index contributed by atoms with van der Waals surface area (Å²) in [5.74, 6) is -0.664. The Morgan fingerprint density at radius 1 is 1.19 bits per heavy atom. The van der Waals surface area contributed by atoms with Crippen molar-refractivity contribution in [3.63, 3.8) is 0 Å². The Balaban J connectivity index is 1.37. The Morgan fingerprint density at radius 3 is 2.83 bits per heavy atom. The molecule has 0 radical (unpaired) electrons. The number of hydroxylamine groups is 1. The molecule has 2 aliphatic heterocycles. The van der Waals surface area contributed by atoms with Crippen LogP contribution in [0, 0.1) is 0 Å². The van der Waals surface area contributed by atoms with E-state index < -0.39 is 23.9 Å². The van der Waals surface area contributed by atoms with Crippen LogP contribution < -0.4 is 11.1 Å². The summed E-state index contributed by atoms with van der Waals surface area (Å²) in [7, 11) is 0. The van der Waals surface area contributed by atoms with E-state index in [1.165, 1.54) is 9.34 Å². The summed E-state index contributed by atoms with van der Waals surface area (Å²) in [6.45, 7) is 3.82. The first kappa shape index (κ1) is 25.4. The molecule has 1 atom stereocenters. The standard InChI is InChI=1S/C24H26BrN3O7Se/c25-19-15-6-5-14-12-16(22(29)26-35-18-4-1-2-11-33-18)23(30)34-20(14)21(15)36-17(19)13-27-7-3-8-28(10-9-27)24(31)32/h5-6,12,18H,1-4,7-11,13H2,(H,26,29)(H,31,32). The summed E-state index contributed by atoms with van der Waals surface area (Å²) in [6, 6.07) is 5.36. The first-order chi connectivity index (χ1) is 17.4. The number of carbonyl (C=O) groups excluding carboxylic acids is 1. The van der Waals surface area contributed by atoms with Gasteiger partial charge in [0.25, 0.3) is 0 Å². The second-order valence-corrected chi connectivity index (χ2v) is 12.0. The van der Waals surface area contributed by atoms with E-state index in [1.54, 1.807) is 6.07 Å². The van der Waals surface area contributed by atoms with Gasteiger partial charge in [-0.3, -0.25) is 0 Å². The molecule has 192 valence electrons. The molecule has 2 aliphatic rings. The minimum absolute atomic E-state index is 0.0897. The molecular weight excluding hydrogens is 601 g/mol. The molecule has 12 heteroatoms. The normalized spacial score (nSPS) is 19.5. The van der Waals surface area contributed by atoms with E-state index in [-0.39, 0.29) is 20.1 Å². The van der Waals surface area contributed by atoms with Crippen LogP contribution in [0.15, 0.2) is 31.9 Å². The molecule has 5 rings (SSSR count). The van der Waals surface area contributed by atoms with Crippen LogP contribution in [0.5, 0.6) is 0 Å². The van der Waals surface area contributed by atoms with Crippen LogP contribution in [0.3, 0.4) is 0 Å². The van der Waals surface area contributed by atoms with Gasteiger partial charge in [-0.25, -0.2) is 0 Å². The zero-order valence-electron chi connectivity index (χ0n) is 19.5. The van der Waals surface area contributed by atoms with Crippen LogP contribution in [0.25, 0.3) is 20.6 Å². The Hall–Kier alpha value is -2.21. The van der Waals surface area contributed by atoms with Crippen LogP contribution >= 0.6 is 15.9 Å². The molecule has 2 fully saturated rings. The van der Waals surface area contributed by atoms with Crippen molar-refractivity contribution in [2.45, 2.75) is 38.5 Å². The van der Waals surface area contributed by atoms with Gasteiger partial charge < -0.3 is 0 Å². The molecule has 0 bridgehead atoms. The second kappa shape index (κ2) is 11.0. The molecule has 1 aromatic carbocycles. The molecule has 4 heterocycles. The van der Waals surface area contributed by atoms with Crippen LogP contribution in [0.2, 0.25) is 0 Å². The number of benzene rings is 1. The number of nitrogens with one attached hydrogen (secondary N) is 1. The van der Waals surface area contributed by atoms with Crippen molar-refractivity contribution in [3.8, 4) is 0 Å². The SMILES string of the molecule is O=C(NOC1CCCCO1)c1cc2ccc3c(Br)c(CN4CCCN(C(=O)O)CC4)[se]c3c2oc1=O. The van der Waals surface area contributed by atoms with Crippen molar-refractivity contribution in [1.82, 2.24) is 15.3 Å². The molecule has 2 N–H and O–H groups in total. The summed E-state index contributed by atoms with van der Waals surface area (Å²) in [5, 5.41) is 10.9. The minimum atomic E-state index is -0.877. The fourth-order valence-electron chi connectivity index (χ4n) is 4.51. The molecule has 0 aliphatic carbocycles. The fraction of sp³-hybridized carbons (Fsp3) is 0.458. The molecule has 36 heavy (non-hydrogen) atoms. The first-order valence-electron chi connectivity index (χ1n) is 11.9. The van der Waals surface area contributed by atoms with Gasteiger partial charge in [0.05, 0.1) is 0 Å². The quantitative estimate of drug-likeness (QED) is 0.252. The monoisotopic (exact) mass is 627 g/mol. The van der Waals surface area contributed by atoms with Gasteiger partial charge in [-0.1, -0.05) is 0 Å². The van der Waals surface area contributed by atoms with E-state index in [1.807, 2.05) is 12.1 Å². The third-order valence-corrected chi connectivity index (χ3v) is 10.4. The number of carboxylic acid groups (broad SMARTS) is 1. The number of hydrogen-bond donors (Lipinski definition) is 2. The molecular formula is C24H26BrN3O7Se. The van der Waals surface area contributed by atoms with Gasteiger partial charge in [-0.05, 0) is 0 Å². The maximum atomic E-state index is 12.7. The van der Waals surface area contributed by atoms with Gasteiger partial charge in [0.15, 0.2) is 0 Å². The van der Waals surface area contributed by atoms with Gasteiger partial charge in [0, 0.05) is 0 Å².